The van der Waals surface area contributed by atoms with Crippen molar-refractivity contribution in [1.82, 2.24) is 14.5 Å². The number of nitrogens with zero attached hydrogens (tertiary/aromatic N) is 4. The third-order valence-electron chi connectivity index (χ3n) is 2.28. The van der Waals surface area contributed by atoms with Gasteiger partial charge in [-0.25, -0.2) is 4.98 Å². The van der Waals surface area contributed by atoms with E-state index in [0.717, 1.165) is 11.5 Å². The van der Waals surface area contributed by atoms with E-state index in [9.17, 15) is 0 Å². The van der Waals surface area contributed by atoms with Crippen molar-refractivity contribution >= 4 is 23.2 Å². The number of rotatable bonds is 3. The maximum absolute atomic E-state index is 5.65. The first kappa shape index (κ1) is 11.5. The lowest BCUT2D eigenvalue weighted by Crippen LogP contribution is -2.17. The normalized spacial score (nSPS) is 10.2. The summed E-state index contributed by atoms with van der Waals surface area (Å²) in [6, 6.07) is 5.56. The van der Waals surface area contributed by atoms with Gasteiger partial charge in [-0.2, -0.15) is 4.98 Å². The lowest BCUT2D eigenvalue weighted by molar-refractivity contribution is 0.932. The highest BCUT2D eigenvalue weighted by molar-refractivity contribution is 7.80. The maximum atomic E-state index is 5.65. The highest BCUT2D eigenvalue weighted by Crippen LogP contribution is 2.12. The Morgan fingerprint density at radius 1 is 1.41 bits per heavy atom. The van der Waals surface area contributed by atoms with Crippen molar-refractivity contribution in [2.45, 2.75) is 0 Å². The molecule has 0 aliphatic carbocycles. The van der Waals surface area contributed by atoms with Gasteiger partial charge < -0.3 is 10.6 Å². The molecule has 0 bridgehead atoms. The van der Waals surface area contributed by atoms with Crippen LogP contribution in [0.2, 0.25) is 0 Å². The minimum atomic E-state index is 0.347. The Morgan fingerprint density at radius 2 is 2.18 bits per heavy atom. The second-order valence-electron chi connectivity index (χ2n) is 3.74. The van der Waals surface area contributed by atoms with Gasteiger partial charge in [0.15, 0.2) is 0 Å². The average Bonchev–Trinajstić information content (AvgIpc) is 2.78. The van der Waals surface area contributed by atoms with Crippen molar-refractivity contribution in [2.24, 2.45) is 5.73 Å². The summed E-state index contributed by atoms with van der Waals surface area (Å²) in [5.74, 6) is 1.39. The number of aromatic nitrogens is 3. The van der Waals surface area contributed by atoms with E-state index in [1.807, 2.05) is 48.0 Å². The molecule has 2 heterocycles. The molecule has 0 atom stereocenters. The van der Waals surface area contributed by atoms with E-state index in [0.29, 0.717) is 10.9 Å². The summed E-state index contributed by atoms with van der Waals surface area (Å²) in [5.41, 5.74) is 6.42. The molecule has 0 aliphatic heterocycles. The highest BCUT2D eigenvalue weighted by atomic mass is 32.1. The fourth-order valence-electron chi connectivity index (χ4n) is 1.47. The summed E-state index contributed by atoms with van der Waals surface area (Å²) >= 11 is 4.99. The van der Waals surface area contributed by atoms with Crippen molar-refractivity contribution in [3.05, 3.63) is 36.3 Å². The van der Waals surface area contributed by atoms with Crippen LogP contribution >= 0.6 is 12.2 Å². The van der Waals surface area contributed by atoms with Gasteiger partial charge >= 0.3 is 0 Å². The van der Waals surface area contributed by atoms with Crippen LogP contribution in [0.4, 0.5) is 5.95 Å². The van der Waals surface area contributed by atoms with Crippen molar-refractivity contribution in [1.29, 1.82) is 0 Å². The molecule has 6 heteroatoms. The molecular formula is C11H13N5S. The summed E-state index contributed by atoms with van der Waals surface area (Å²) in [5, 5.41) is 0. The van der Waals surface area contributed by atoms with Crippen LogP contribution in [0.5, 0.6) is 0 Å². The lowest BCUT2D eigenvalue weighted by atomic mass is 10.4. The van der Waals surface area contributed by atoms with Crippen LogP contribution in [0, 0.1) is 0 Å². The summed E-state index contributed by atoms with van der Waals surface area (Å²) in [6.07, 6.45) is 3.58. The van der Waals surface area contributed by atoms with Gasteiger partial charge in [0.2, 0.25) is 5.95 Å². The molecule has 0 unspecified atom stereocenters. The van der Waals surface area contributed by atoms with Crippen molar-refractivity contribution in [3.8, 4) is 5.82 Å². The van der Waals surface area contributed by atoms with E-state index in [-0.39, 0.29) is 0 Å². The quantitative estimate of drug-likeness (QED) is 0.819. The first-order chi connectivity index (χ1) is 8.09. The van der Waals surface area contributed by atoms with Gasteiger partial charge in [0, 0.05) is 26.5 Å². The monoisotopic (exact) mass is 247 g/mol. The van der Waals surface area contributed by atoms with Crippen LogP contribution in [0.1, 0.15) is 5.69 Å². The standard InChI is InChI=1S/C11H13N5S/c1-15(2)11-13-6-5-9(14-11)16-7-3-4-8(16)10(12)17/h3-7H,1-2H3,(H2,12,17). The van der Waals surface area contributed by atoms with E-state index in [1.165, 1.54) is 0 Å². The summed E-state index contributed by atoms with van der Waals surface area (Å²) in [6.45, 7) is 0. The van der Waals surface area contributed by atoms with E-state index in [1.54, 1.807) is 6.20 Å². The number of hydrogen-bond donors (Lipinski definition) is 1. The molecule has 2 aromatic rings. The van der Waals surface area contributed by atoms with Gasteiger partial charge in [0.25, 0.3) is 0 Å². The molecule has 88 valence electrons. The van der Waals surface area contributed by atoms with Gasteiger partial charge in [0.05, 0.1) is 5.69 Å². The maximum Gasteiger partial charge on any atom is 0.226 e. The van der Waals surface area contributed by atoms with Gasteiger partial charge in [-0.15, -0.1) is 0 Å². The smallest absolute Gasteiger partial charge is 0.226 e. The minimum Gasteiger partial charge on any atom is -0.388 e. The SMILES string of the molecule is CN(C)c1nccc(-n2cccc2C(N)=S)n1. The Balaban J connectivity index is 2.49. The molecule has 0 amide bonds. The van der Waals surface area contributed by atoms with Crippen molar-refractivity contribution < 1.29 is 0 Å². The van der Waals surface area contributed by atoms with Gasteiger partial charge in [-0.05, 0) is 18.2 Å². The Kier molecular flexibility index (Phi) is 3.06. The molecule has 0 fully saturated rings. The molecule has 0 aromatic carbocycles. The zero-order valence-electron chi connectivity index (χ0n) is 9.66. The van der Waals surface area contributed by atoms with Gasteiger partial charge in [-0.3, -0.25) is 4.57 Å². The summed E-state index contributed by atoms with van der Waals surface area (Å²) in [7, 11) is 3.78. The van der Waals surface area contributed by atoms with Crippen LogP contribution in [-0.2, 0) is 0 Å². The molecule has 5 nitrogen and oxygen atoms in total. The van der Waals surface area contributed by atoms with Crippen LogP contribution in [-0.4, -0.2) is 33.6 Å². The van der Waals surface area contributed by atoms with E-state index in [2.05, 4.69) is 9.97 Å². The topological polar surface area (TPSA) is 60.0 Å². The molecule has 0 spiro atoms. The second kappa shape index (κ2) is 4.50. The zero-order chi connectivity index (χ0) is 12.4. The number of thiocarbonyl (C=S) groups is 1. The molecular weight excluding hydrogens is 234 g/mol. The largest absolute Gasteiger partial charge is 0.388 e. The summed E-state index contributed by atoms with van der Waals surface area (Å²) < 4.78 is 1.84. The van der Waals surface area contributed by atoms with Gasteiger partial charge in [-0.1, -0.05) is 12.2 Å². The molecule has 0 saturated heterocycles. The fourth-order valence-corrected chi connectivity index (χ4v) is 1.64. The summed E-state index contributed by atoms with van der Waals surface area (Å²) in [4.78, 5) is 10.8. The zero-order valence-corrected chi connectivity index (χ0v) is 10.5. The third-order valence-corrected chi connectivity index (χ3v) is 2.49. The Hall–Kier alpha value is -1.95. The van der Waals surface area contributed by atoms with E-state index in [4.69, 9.17) is 18.0 Å². The predicted octanol–water partition coefficient (Wildman–Crippen LogP) is 0.967. The van der Waals surface area contributed by atoms with Crippen molar-refractivity contribution in [2.75, 3.05) is 19.0 Å². The highest BCUT2D eigenvalue weighted by Gasteiger charge is 2.08. The lowest BCUT2D eigenvalue weighted by Gasteiger charge is -2.12. The minimum absolute atomic E-state index is 0.347. The van der Waals surface area contributed by atoms with Crippen LogP contribution in [0.15, 0.2) is 30.6 Å². The van der Waals surface area contributed by atoms with Crippen LogP contribution < -0.4 is 10.6 Å². The Bertz CT molecular complexity index is 546. The molecule has 2 aromatic heterocycles. The predicted molar refractivity (Wildman–Crippen MR) is 71.6 cm³/mol. The first-order valence-electron chi connectivity index (χ1n) is 5.07. The number of hydrogen-bond acceptors (Lipinski definition) is 4. The first-order valence-corrected chi connectivity index (χ1v) is 5.48. The second-order valence-corrected chi connectivity index (χ2v) is 4.18. The van der Waals surface area contributed by atoms with E-state index >= 15 is 0 Å². The number of nitrogens with two attached hydrogens (primary N) is 1. The Morgan fingerprint density at radius 3 is 2.82 bits per heavy atom. The van der Waals surface area contributed by atoms with E-state index < -0.39 is 0 Å². The van der Waals surface area contributed by atoms with Crippen molar-refractivity contribution in [3.63, 3.8) is 0 Å². The fraction of sp³-hybridized carbons (Fsp3) is 0.182. The molecule has 2 rings (SSSR count). The van der Waals surface area contributed by atoms with Crippen LogP contribution in [0.3, 0.4) is 0 Å². The number of anilines is 1. The average molecular weight is 247 g/mol. The third kappa shape index (κ3) is 2.26. The van der Waals surface area contributed by atoms with Crippen LogP contribution in [0.25, 0.3) is 5.82 Å². The molecule has 17 heavy (non-hydrogen) atoms. The molecule has 2 N–H and O–H groups in total. The Labute approximate surface area is 105 Å². The molecule has 0 radical (unpaired) electrons. The molecule has 0 aliphatic rings. The molecule has 0 saturated carbocycles. The van der Waals surface area contributed by atoms with Gasteiger partial charge in [0.1, 0.15) is 10.8 Å².